The van der Waals surface area contributed by atoms with E-state index in [1.165, 1.54) is 6.92 Å². The summed E-state index contributed by atoms with van der Waals surface area (Å²) in [7, 11) is 0. The molecule has 0 aliphatic heterocycles. The minimum atomic E-state index is -1.55. The quantitative estimate of drug-likeness (QED) is 0.104. The van der Waals surface area contributed by atoms with Gasteiger partial charge in [-0.3, -0.25) is 24.0 Å². The molecule has 0 fully saturated rings. The Morgan fingerprint density at radius 2 is 1.48 bits per heavy atom. The predicted molar refractivity (Wildman–Crippen MR) is 142 cm³/mol. The van der Waals surface area contributed by atoms with Gasteiger partial charge in [0.25, 0.3) is 0 Å². The number of hydrogen-bond donors (Lipinski definition) is 9. The number of hydrogen-bond acceptors (Lipinski definition) is 8. The summed E-state index contributed by atoms with van der Waals surface area (Å²) in [5.41, 5.74) is 17.3. The number of benzene rings is 1. The summed E-state index contributed by atoms with van der Waals surface area (Å²) in [4.78, 5) is 75.8. The largest absolute Gasteiger partial charge is 0.480 e. The Balaban J connectivity index is 2.28. The minimum Gasteiger partial charge on any atom is -0.480 e. The second-order valence-electron chi connectivity index (χ2n) is 9.37. The molecule has 12 N–H and O–H groups in total. The molecule has 5 atom stereocenters. The number of carboxylic acids is 1. The lowest BCUT2D eigenvalue weighted by atomic mass is 10.0. The Morgan fingerprint density at radius 3 is 2.08 bits per heavy atom. The number of carbonyl (C=O) groups excluding carboxylic acids is 5. The van der Waals surface area contributed by atoms with Gasteiger partial charge < -0.3 is 48.3 Å². The molecule has 2 rings (SSSR count). The summed E-state index contributed by atoms with van der Waals surface area (Å²) in [5.74, 6) is -5.51. The van der Waals surface area contributed by atoms with Crippen molar-refractivity contribution in [3.05, 3.63) is 36.0 Å². The molecule has 15 nitrogen and oxygen atoms in total. The fourth-order valence-electron chi connectivity index (χ4n) is 3.90. The number of fused-ring (bicyclic) bond motifs is 1. The molecule has 1 aromatic carbocycles. The zero-order valence-corrected chi connectivity index (χ0v) is 21.9. The van der Waals surface area contributed by atoms with Gasteiger partial charge in [-0.1, -0.05) is 18.2 Å². The van der Waals surface area contributed by atoms with Crippen LogP contribution in [0.4, 0.5) is 0 Å². The summed E-state index contributed by atoms with van der Waals surface area (Å²) in [6, 6.07) is 1.59. The Bertz CT molecular complexity index is 1240. The van der Waals surface area contributed by atoms with E-state index in [4.69, 9.17) is 17.2 Å². The number of aromatic nitrogens is 1. The topological polar surface area (TPSA) is 273 Å². The van der Waals surface area contributed by atoms with Crippen LogP contribution in [-0.4, -0.2) is 81.0 Å². The van der Waals surface area contributed by atoms with Crippen LogP contribution in [0, 0.1) is 0 Å². The molecule has 0 spiro atoms. The van der Waals surface area contributed by atoms with Crippen molar-refractivity contribution in [2.75, 3.05) is 0 Å². The number of para-hydroxylation sites is 1. The van der Waals surface area contributed by atoms with Crippen molar-refractivity contribution in [3.63, 3.8) is 0 Å². The summed E-state index contributed by atoms with van der Waals surface area (Å²) >= 11 is 0. The molecule has 0 saturated heterocycles. The highest BCUT2D eigenvalue weighted by atomic mass is 16.4. The lowest BCUT2D eigenvalue weighted by Gasteiger charge is -2.26. The Labute approximate surface area is 229 Å². The molecule has 218 valence electrons. The second kappa shape index (κ2) is 14.6. The van der Waals surface area contributed by atoms with Gasteiger partial charge >= 0.3 is 5.97 Å². The summed E-state index contributed by atoms with van der Waals surface area (Å²) in [6.45, 7) is 1.23. The maximum Gasteiger partial charge on any atom is 0.326 e. The lowest BCUT2D eigenvalue weighted by molar-refractivity contribution is -0.142. The third-order valence-corrected chi connectivity index (χ3v) is 6.13. The predicted octanol–water partition coefficient (Wildman–Crippen LogP) is -2.51. The highest BCUT2D eigenvalue weighted by molar-refractivity contribution is 5.95. The first-order valence-corrected chi connectivity index (χ1v) is 12.5. The van der Waals surface area contributed by atoms with Gasteiger partial charge in [0.2, 0.25) is 29.5 Å². The Hall–Kier alpha value is -4.50. The van der Waals surface area contributed by atoms with Gasteiger partial charge in [0, 0.05) is 36.4 Å². The maximum absolute atomic E-state index is 13.2. The van der Waals surface area contributed by atoms with E-state index in [2.05, 4.69) is 20.9 Å². The van der Waals surface area contributed by atoms with Crippen LogP contribution in [0.1, 0.15) is 38.2 Å². The first-order valence-electron chi connectivity index (χ1n) is 12.5. The minimum absolute atomic E-state index is 0.0945. The van der Waals surface area contributed by atoms with Gasteiger partial charge in [0.1, 0.15) is 18.1 Å². The van der Waals surface area contributed by atoms with Crippen LogP contribution >= 0.6 is 0 Å². The van der Waals surface area contributed by atoms with Crippen LogP contribution in [0.15, 0.2) is 30.5 Å². The van der Waals surface area contributed by atoms with Gasteiger partial charge in [-0.15, -0.1) is 0 Å². The number of aromatic amines is 1. The van der Waals surface area contributed by atoms with Crippen molar-refractivity contribution in [2.45, 2.75) is 69.3 Å². The molecule has 0 aliphatic carbocycles. The van der Waals surface area contributed by atoms with Crippen LogP contribution < -0.4 is 33.2 Å². The highest BCUT2D eigenvalue weighted by Crippen LogP contribution is 2.19. The second-order valence-corrected chi connectivity index (χ2v) is 9.37. The lowest BCUT2D eigenvalue weighted by Crippen LogP contribution is -2.60. The number of amides is 5. The molecule has 2 aromatic rings. The number of nitrogens with two attached hydrogens (primary N) is 3. The summed E-state index contributed by atoms with van der Waals surface area (Å²) < 4.78 is 0. The maximum atomic E-state index is 13.2. The van der Waals surface area contributed by atoms with Gasteiger partial charge in [-0.25, -0.2) is 4.79 Å². The molecule has 5 unspecified atom stereocenters. The van der Waals surface area contributed by atoms with E-state index in [1.54, 1.807) is 30.5 Å². The molecule has 15 heteroatoms. The summed E-state index contributed by atoms with van der Waals surface area (Å²) in [5, 5.41) is 27.5. The Kier molecular flexibility index (Phi) is 11.6. The normalized spacial score (nSPS) is 14.8. The molecular formula is C25H35N7O8. The van der Waals surface area contributed by atoms with Crippen LogP contribution in [0.3, 0.4) is 0 Å². The Morgan fingerprint density at radius 1 is 0.875 bits per heavy atom. The van der Waals surface area contributed by atoms with Gasteiger partial charge in [-0.05, 0) is 31.4 Å². The summed E-state index contributed by atoms with van der Waals surface area (Å²) in [6.07, 6.45) is -0.738. The number of carboxylic acid groups (broad SMARTS) is 1. The molecule has 0 radical (unpaired) electrons. The number of aliphatic carboxylic acids is 1. The van der Waals surface area contributed by atoms with Crippen molar-refractivity contribution in [3.8, 4) is 0 Å². The van der Waals surface area contributed by atoms with Crippen LogP contribution in [-0.2, 0) is 35.2 Å². The number of carbonyl (C=O) groups is 6. The van der Waals surface area contributed by atoms with Crippen molar-refractivity contribution in [1.29, 1.82) is 0 Å². The average molecular weight is 562 g/mol. The van der Waals surface area contributed by atoms with E-state index in [0.717, 1.165) is 10.9 Å². The number of nitrogens with one attached hydrogen (secondary N) is 4. The molecular weight excluding hydrogens is 526 g/mol. The third kappa shape index (κ3) is 9.36. The number of aliphatic hydroxyl groups is 1. The van der Waals surface area contributed by atoms with Gasteiger partial charge in [0.15, 0.2) is 0 Å². The molecule has 40 heavy (non-hydrogen) atoms. The van der Waals surface area contributed by atoms with Crippen molar-refractivity contribution >= 4 is 46.4 Å². The van der Waals surface area contributed by atoms with Gasteiger partial charge in [0.05, 0.1) is 12.1 Å². The zero-order valence-electron chi connectivity index (χ0n) is 21.9. The van der Waals surface area contributed by atoms with E-state index < -0.39 is 65.8 Å². The number of rotatable bonds is 16. The molecule has 5 amide bonds. The molecule has 0 bridgehead atoms. The first-order chi connectivity index (χ1) is 18.8. The monoisotopic (exact) mass is 561 g/mol. The number of H-pyrrole nitrogens is 1. The fraction of sp³-hybridized carbons (Fsp3) is 0.440. The van der Waals surface area contributed by atoms with E-state index in [0.29, 0.717) is 5.56 Å². The SMILES string of the molecule is CC(O)C(NC(=O)C(N)CCC(N)=O)C(=O)NC(Cc1c[nH]c2ccccc12)C(=O)NC(CCC(N)=O)C(=O)O. The number of primary amides is 2. The molecule has 1 aromatic heterocycles. The van der Waals surface area contributed by atoms with Crippen molar-refractivity contribution in [2.24, 2.45) is 17.2 Å². The van der Waals surface area contributed by atoms with E-state index in [-0.39, 0.29) is 32.1 Å². The van der Waals surface area contributed by atoms with E-state index >= 15 is 0 Å². The van der Waals surface area contributed by atoms with Crippen LogP contribution in [0.25, 0.3) is 10.9 Å². The number of aliphatic hydroxyl groups excluding tert-OH is 1. The highest BCUT2D eigenvalue weighted by Gasteiger charge is 2.33. The smallest absolute Gasteiger partial charge is 0.326 e. The van der Waals surface area contributed by atoms with Gasteiger partial charge in [-0.2, -0.15) is 0 Å². The molecule has 0 saturated carbocycles. The van der Waals surface area contributed by atoms with Crippen molar-refractivity contribution < 1.29 is 39.0 Å². The average Bonchev–Trinajstić information content (AvgIpc) is 3.29. The molecule has 1 heterocycles. The van der Waals surface area contributed by atoms with Crippen LogP contribution in [0.5, 0.6) is 0 Å². The fourth-order valence-corrected chi connectivity index (χ4v) is 3.90. The third-order valence-electron chi connectivity index (χ3n) is 6.13. The van der Waals surface area contributed by atoms with Crippen LogP contribution in [0.2, 0.25) is 0 Å². The van der Waals surface area contributed by atoms with Crippen molar-refractivity contribution in [1.82, 2.24) is 20.9 Å². The zero-order chi connectivity index (χ0) is 30.0. The van der Waals surface area contributed by atoms with E-state index in [1.807, 2.05) is 0 Å². The van der Waals surface area contributed by atoms with E-state index in [9.17, 15) is 39.0 Å². The molecule has 0 aliphatic rings. The standard InChI is InChI=1S/C25H35N7O8/c1-12(33)21(32-22(36)15(26)6-8-19(27)34)24(38)31-18(10-13-11-29-16-5-3-2-4-14(13)16)23(37)30-17(25(39)40)7-9-20(28)35/h2-5,11-12,15,17-18,21,29,33H,6-10,26H2,1H3,(H2,27,34)(H2,28,35)(H,30,37)(H,31,38)(H,32,36)(H,39,40). The first kappa shape index (κ1) is 31.7.